The number of hydrogen-bond acceptors (Lipinski definition) is 3. The van der Waals surface area contributed by atoms with Crippen LogP contribution in [0.5, 0.6) is 11.5 Å². The van der Waals surface area contributed by atoms with E-state index < -0.39 is 0 Å². The van der Waals surface area contributed by atoms with Crippen molar-refractivity contribution < 1.29 is 26.4 Å². The van der Waals surface area contributed by atoms with E-state index in [-0.39, 0.29) is 12.4 Å². The number of aryl methyl sites for hydroxylation is 2. The molecule has 2 rings (SSSR count). The maximum Gasteiger partial charge on any atom is 0.145 e. The van der Waals surface area contributed by atoms with Crippen LogP contribution >= 0.6 is 0 Å². The average Bonchev–Trinajstić information content (AvgIpc) is 2.61. The summed E-state index contributed by atoms with van der Waals surface area (Å²) in [6.07, 6.45) is 1.09. The SMILES string of the molecule is CCc1ccc(C[N+](C)(C)CCNc2cc(OC)cc(C)c2OC)cc1.[Cl-]. The molecule has 0 aliphatic carbocycles. The lowest BCUT2D eigenvalue weighted by Crippen LogP contribution is -3.00. The van der Waals surface area contributed by atoms with Gasteiger partial charge < -0.3 is 31.7 Å². The molecule has 0 saturated heterocycles. The first-order valence-corrected chi connectivity index (χ1v) is 9.25. The molecular formula is C22H33ClN2O2. The molecule has 0 aliphatic rings. The van der Waals surface area contributed by atoms with Gasteiger partial charge in [-0.15, -0.1) is 0 Å². The number of hydrogen-bond donors (Lipinski definition) is 1. The molecule has 0 heterocycles. The number of halogens is 1. The molecule has 5 heteroatoms. The Bertz CT molecular complexity index is 715. The third-order valence-electron chi connectivity index (χ3n) is 4.76. The second-order valence-electron chi connectivity index (χ2n) is 7.44. The summed E-state index contributed by atoms with van der Waals surface area (Å²) >= 11 is 0. The van der Waals surface area contributed by atoms with E-state index in [1.165, 1.54) is 11.1 Å². The van der Waals surface area contributed by atoms with Gasteiger partial charge in [0.05, 0.1) is 47.1 Å². The minimum absolute atomic E-state index is 0. The third kappa shape index (κ3) is 6.64. The highest BCUT2D eigenvalue weighted by Crippen LogP contribution is 2.33. The van der Waals surface area contributed by atoms with Crippen molar-refractivity contribution in [3.8, 4) is 11.5 Å². The fraction of sp³-hybridized carbons (Fsp3) is 0.455. The Balaban J connectivity index is 0.00000364. The first-order chi connectivity index (χ1) is 12.4. The maximum atomic E-state index is 5.55. The zero-order chi connectivity index (χ0) is 19.2. The molecule has 0 unspecified atom stereocenters. The summed E-state index contributed by atoms with van der Waals surface area (Å²) in [5.74, 6) is 1.72. The first-order valence-electron chi connectivity index (χ1n) is 9.25. The molecule has 2 aromatic carbocycles. The number of likely N-dealkylation sites (N-methyl/N-ethyl adjacent to an activating group) is 1. The molecule has 0 aromatic heterocycles. The van der Waals surface area contributed by atoms with Crippen molar-refractivity contribution in [1.29, 1.82) is 0 Å². The second-order valence-corrected chi connectivity index (χ2v) is 7.44. The molecule has 0 aliphatic heterocycles. The van der Waals surface area contributed by atoms with E-state index >= 15 is 0 Å². The van der Waals surface area contributed by atoms with Crippen LogP contribution in [0.4, 0.5) is 5.69 Å². The van der Waals surface area contributed by atoms with Crippen LogP contribution in [0.1, 0.15) is 23.6 Å². The Morgan fingerprint density at radius 2 is 1.59 bits per heavy atom. The van der Waals surface area contributed by atoms with Gasteiger partial charge in [-0.1, -0.05) is 31.2 Å². The van der Waals surface area contributed by atoms with E-state index in [0.717, 1.165) is 53.3 Å². The Hall–Kier alpha value is -1.91. The largest absolute Gasteiger partial charge is 1.00 e. The van der Waals surface area contributed by atoms with Gasteiger partial charge in [-0.25, -0.2) is 0 Å². The zero-order valence-electron chi connectivity index (χ0n) is 17.4. The molecule has 0 radical (unpaired) electrons. The summed E-state index contributed by atoms with van der Waals surface area (Å²) in [6, 6.07) is 13.0. The normalized spacial score (nSPS) is 10.9. The Morgan fingerprint density at radius 1 is 0.963 bits per heavy atom. The number of benzene rings is 2. The van der Waals surface area contributed by atoms with E-state index in [4.69, 9.17) is 9.47 Å². The number of anilines is 1. The fourth-order valence-electron chi connectivity index (χ4n) is 3.21. The van der Waals surface area contributed by atoms with E-state index in [9.17, 15) is 0 Å². The zero-order valence-corrected chi connectivity index (χ0v) is 18.2. The van der Waals surface area contributed by atoms with E-state index in [1.54, 1.807) is 14.2 Å². The lowest BCUT2D eigenvalue weighted by atomic mass is 10.1. The number of methoxy groups -OCH3 is 2. The molecule has 1 N–H and O–H groups in total. The van der Waals surface area contributed by atoms with Gasteiger partial charge in [0, 0.05) is 11.6 Å². The molecule has 0 atom stereocenters. The van der Waals surface area contributed by atoms with Crippen molar-refractivity contribution in [1.82, 2.24) is 0 Å². The second kappa shape index (κ2) is 10.4. The quantitative estimate of drug-likeness (QED) is 0.652. The van der Waals surface area contributed by atoms with Crippen molar-refractivity contribution in [2.24, 2.45) is 0 Å². The smallest absolute Gasteiger partial charge is 0.145 e. The highest BCUT2D eigenvalue weighted by atomic mass is 35.5. The fourth-order valence-corrected chi connectivity index (χ4v) is 3.21. The van der Waals surface area contributed by atoms with Gasteiger partial charge in [0.1, 0.15) is 18.0 Å². The number of quaternary nitrogens is 1. The molecule has 150 valence electrons. The maximum absolute atomic E-state index is 5.55. The molecule has 27 heavy (non-hydrogen) atoms. The molecule has 2 aromatic rings. The number of nitrogens with one attached hydrogen (secondary N) is 1. The van der Waals surface area contributed by atoms with Gasteiger partial charge in [0.15, 0.2) is 0 Å². The van der Waals surface area contributed by atoms with E-state index in [2.05, 4.69) is 50.6 Å². The van der Waals surface area contributed by atoms with Crippen molar-refractivity contribution in [3.05, 3.63) is 53.1 Å². The van der Waals surface area contributed by atoms with Crippen LogP contribution in [-0.2, 0) is 13.0 Å². The van der Waals surface area contributed by atoms with Gasteiger partial charge >= 0.3 is 0 Å². The third-order valence-corrected chi connectivity index (χ3v) is 4.76. The molecular weight excluding hydrogens is 360 g/mol. The van der Waals surface area contributed by atoms with Gasteiger partial charge in [0.25, 0.3) is 0 Å². The first kappa shape index (κ1) is 23.1. The van der Waals surface area contributed by atoms with Crippen molar-refractivity contribution in [2.75, 3.05) is 46.7 Å². The lowest BCUT2D eigenvalue weighted by Gasteiger charge is -2.30. The van der Waals surface area contributed by atoms with Crippen LogP contribution in [0.25, 0.3) is 0 Å². The number of nitrogens with zero attached hydrogens (tertiary/aromatic N) is 1. The van der Waals surface area contributed by atoms with Gasteiger partial charge in [-0.3, -0.25) is 0 Å². The van der Waals surface area contributed by atoms with Crippen molar-refractivity contribution >= 4 is 5.69 Å². The van der Waals surface area contributed by atoms with E-state index in [1.807, 2.05) is 19.1 Å². The van der Waals surface area contributed by atoms with Gasteiger partial charge in [0.2, 0.25) is 0 Å². The molecule has 0 spiro atoms. The topological polar surface area (TPSA) is 30.5 Å². The summed E-state index contributed by atoms with van der Waals surface area (Å²) in [4.78, 5) is 0. The highest BCUT2D eigenvalue weighted by molar-refractivity contribution is 5.63. The van der Waals surface area contributed by atoms with Crippen LogP contribution < -0.4 is 27.2 Å². The van der Waals surface area contributed by atoms with E-state index in [0.29, 0.717) is 0 Å². The lowest BCUT2D eigenvalue weighted by molar-refractivity contribution is -0.902. The average molecular weight is 393 g/mol. The molecule has 0 bridgehead atoms. The van der Waals surface area contributed by atoms with Gasteiger partial charge in [-0.05, 0) is 30.5 Å². The summed E-state index contributed by atoms with van der Waals surface area (Å²) < 4.78 is 11.9. The summed E-state index contributed by atoms with van der Waals surface area (Å²) in [6.45, 7) is 7.11. The predicted molar refractivity (Wildman–Crippen MR) is 109 cm³/mol. The Morgan fingerprint density at radius 3 is 2.15 bits per heavy atom. The molecule has 0 fully saturated rings. The predicted octanol–water partition coefficient (Wildman–Crippen LogP) is 1.27. The minimum Gasteiger partial charge on any atom is -1.00 e. The summed E-state index contributed by atoms with van der Waals surface area (Å²) in [5.41, 5.74) is 4.82. The molecule has 0 amide bonds. The van der Waals surface area contributed by atoms with Crippen LogP contribution in [-0.4, -0.2) is 45.9 Å². The Kier molecular flexibility index (Phi) is 8.94. The van der Waals surface area contributed by atoms with Crippen LogP contribution in [0.3, 0.4) is 0 Å². The molecule has 4 nitrogen and oxygen atoms in total. The van der Waals surface area contributed by atoms with Crippen LogP contribution in [0, 0.1) is 6.92 Å². The Labute approximate surface area is 170 Å². The minimum atomic E-state index is 0. The molecule has 0 saturated carbocycles. The van der Waals surface area contributed by atoms with Crippen molar-refractivity contribution in [2.45, 2.75) is 26.8 Å². The van der Waals surface area contributed by atoms with Crippen LogP contribution in [0.15, 0.2) is 36.4 Å². The monoisotopic (exact) mass is 392 g/mol. The van der Waals surface area contributed by atoms with Crippen molar-refractivity contribution in [3.63, 3.8) is 0 Å². The standard InChI is InChI=1S/C22H33N2O2.ClH/c1-7-18-8-10-19(11-9-18)16-24(3,4)13-12-23-21-15-20(25-5)14-17(2)22(21)26-6;/h8-11,14-15,23H,7,12-13,16H2,1-6H3;1H/q+1;/p-1. The highest BCUT2D eigenvalue weighted by Gasteiger charge is 2.16. The number of rotatable bonds is 9. The summed E-state index contributed by atoms with van der Waals surface area (Å²) in [7, 11) is 7.93. The van der Waals surface area contributed by atoms with Gasteiger partial charge in [-0.2, -0.15) is 0 Å². The van der Waals surface area contributed by atoms with Crippen LogP contribution in [0.2, 0.25) is 0 Å². The number of ether oxygens (including phenoxy) is 2. The summed E-state index contributed by atoms with van der Waals surface area (Å²) in [5, 5.41) is 3.52.